The summed E-state index contributed by atoms with van der Waals surface area (Å²) < 4.78 is 0. The van der Waals surface area contributed by atoms with Crippen molar-refractivity contribution in [3.8, 4) is 0 Å². The minimum absolute atomic E-state index is 0.0224. The average molecular weight is 266 g/mol. The number of hydrogen-bond acceptors (Lipinski definition) is 2. The first-order chi connectivity index (χ1) is 9.74. The van der Waals surface area contributed by atoms with E-state index in [1.54, 1.807) is 0 Å². The Hall–Kier alpha value is -2.29. The molecule has 102 valence electrons. The molecule has 0 aromatic heterocycles. The molecular weight excluding hydrogens is 248 g/mol. The van der Waals surface area contributed by atoms with Crippen molar-refractivity contribution >= 4 is 11.6 Å². The van der Waals surface area contributed by atoms with E-state index >= 15 is 0 Å². The van der Waals surface area contributed by atoms with E-state index in [1.165, 1.54) is 5.56 Å². The Kier molecular flexibility index (Phi) is 3.42. The molecule has 1 unspecified atom stereocenters. The molecule has 1 aliphatic rings. The number of carbonyl (C=O) groups excluding carboxylic acids is 1. The molecule has 0 fully saturated rings. The fourth-order valence-corrected chi connectivity index (χ4v) is 2.60. The van der Waals surface area contributed by atoms with Crippen LogP contribution in [0.2, 0.25) is 0 Å². The highest BCUT2D eigenvalue weighted by Crippen LogP contribution is 2.25. The molecule has 0 saturated heterocycles. The van der Waals surface area contributed by atoms with Crippen molar-refractivity contribution in [2.45, 2.75) is 25.4 Å². The van der Waals surface area contributed by atoms with Gasteiger partial charge >= 0.3 is 0 Å². The Morgan fingerprint density at radius 3 is 2.60 bits per heavy atom. The van der Waals surface area contributed by atoms with Crippen LogP contribution in [-0.4, -0.2) is 11.9 Å². The number of para-hydroxylation sites is 1. The zero-order valence-electron chi connectivity index (χ0n) is 11.5. The Bertz CT molecular complexity index is 584. The summed E-state index contributed by atoms with van der Waals surface area (Å²) in [6.45, 7) is 2.01. The number of amides is 1. The van der Waals surface area contributed by atoms with Gasteiger partial charge in [-0.1, -0.05) is 48.5 Å². The van der Waals surface area contributed by atoms with Gasteiger partial charge in [0.05, 0.1) is 6.04 Å². The van der Waals surface area contributed by atoms with E-state index in [9.17, 15) is 4.79 Å². The van der Waals surface area contributed by atoms with Gasteiger partial charge in [0.2, 0.25) is 5.91 Å². The second-order valence-corrected chi connectivity index (χ2v) is 5.20. The molecule has 0 spiro atoms. The maximum Gasteiger partial charge on any atom is 0.243 e. The highest BCUT2D eigenvalue weighted by molar-refractivity contribution is 5.87. The number of fused-ring (bicyclic) bond motifs is 1. The van der Waals surface area contributed by atoms with Crippen LogP contribution in [0, 0.1) is 0 Å². The van der Waals surface area contributed by atoms with E-state index in [0.29, 0.717) is 0 Å². The molecule has 2 N–H and O–H groups in total. The first kappa shape index (κ1) is 12.7. The predicted octanol–water partition coefficient (Wildman–Crippen LogP) is 2.90. The summed E-state index contributed by atoms with van der Waals surface area (Å²) in [7, 11) is 0. The number of benzene rings is 2. The van der Waals surface area contributed by atoms with Crippen molar-refractivity contribution in [2.24, 2.45) is 0 Å². The van der Waals surface area contributed by atoms with E-state index in [0.717, 1.165) is 17.7 Å². The van der Waals surface area contributed by atoms with Crippen molar-refractivity contribution < 1.29 is 4.79 Å². The van der Waals surface area contributed by atoms with Crippen LogP contribution in [0.3, 0.4) is 0 Å². The molecule has 1 aliphatic heterocycles. The summed E-state index contributed by atoms with van der Waals surface area (Å²) in [4.78, 5) is 12.3. The Morgan fingerprint density at radius 2 is 1.85 bits per heavy atom. The Morgan fingerprint density at radius 1 is 1.15 bits per heavy atom. The second-order valence-electron chi connectivity index (χ2n) is 5.20. The molecular formula is C17H18N2O. The molecule has 1 amide bonds. The summed E-state index contributed by atoms with van der Waals surface area (Å²) in [5.74, 6) is 0.0533. The van der Waals surface area contributed by atoms with Crippen LogP contribution < -0.4 is 10.6 Å². The molecule has 0 radical (unpaired) electrons. The van der Waals surface area contributed by atoms with Crippen molar-refractivity contribution in [3.05, 3.63) is 65.7 Å². The minimum Gasteiger partial charge on any atom is -0.373 e. The van der Waals surface area contributed by atoms with E-state index in [2.05, 4.69) is 16.7 Å². The molecule has 0 saturated carbocycles. The normalized spacial score (nSPS) is 17.9. The summed E-state index contributed by atoms with van der Waals surface area (Å²) in [6, 6.07) is 17.9. The highest BCUT2D eigenvalue weighted by Gasteiger charge is 2.27. The van der Waals surface area contributed by atoms with Gasteiger partial charge in [0.15, 0.2) is 0 Å². The minimum atomic E-state index is -0.168. The van der Waals surface area contributed by atoms with Crippen molar-refractivity contribution in [1.82, 2.24) is 5.32 Å². The first-order valence-corrected chi connectivity index (χ1v) is 6.94. The second kappa shape index (κ2) is 5.37. The van der Waals surface area contributed by atoms with Crippen LogP contribution in [0.25, 0.3) is 0 Å². The lowest BCUT2D eigenvalue weighted by Crippen LogP contribution is -2.39. The maximum atomic E-state index is 12.3. The average Bonchev–Trinajstić information content (AvgIpc) is 2.92. The molecule has 3 nitrogen and oxygen atoms in total. The van der Waals surface area contributed by atoms with Crippen LogP contribution in [-0.2, 0) is 11.2 Å². The largest absolute Gasteiger partial charge is 0.373 e. The molecule has 2 aromatic rings. The lowest BCUT2D eigenvalue weighted by atomic mass is 10.1. The number of anilines is 1. The third kappa shape index (κ3) is 2.52. The van der Waals surface area contributed by atoms with Crippen LogP contribution in [0.5, 0.6) is 0 Å². The van der Waals surface area contributed by atoms with Gasteiger partial charge < -0.3 is 10.6 Å². The number of nitrogens with one attached hydrogen (secondary N) is 2. The summed E-state index contributed by atoms with van der Waals surface area (Å²) in [5, 5.41) is 6.35. The third-order valence-electron chi connectivity index (χ3n) is 3.75. The van der Waals surface area contributed by atoms with Gasteiger partial charge in [-0.15, -0.1) is 0 Å². The van der Waals surface area contributed by atoms with Crippen LogP contribution in [0.1, 0.15) is 24.1 Å². The zero-order chi connectivity index (χ0) is 13.9. The predicted molar refractivity (Wildman–Crippen MR) is 80.6 cm³/mol. The van der Waals surface area contributed by atoms with E-state index in [-0.39, 0.29) is 18.0 Å². The number of hydrogen-bond donors (Lipinski definition) is 2. The Labute approximate surface area is 119 Å². The van der Waals surface area contributed by atoms with Gasteiger partial charge in [-0.3, -0.25) is 4.79 Å². The lowest BCUT2D eigenvalue weighted by molar-refractivity contribution is -0.122. The fourth-order valence-electron chi connectivity index (χ4n) is 2.60. The highest BCUT2D eigenvalue weighted by atomic mass is 16.2. The van der Waals surface area contributed by atoms with Gasteiger partial charge in [-0.05, 0) is 24.1 Å². The number of rotatable bonds is 3. The quantitative estimate of drug-likeness (QED) is 0.897. The third-order valence-corrected chi connectivity index (χ3v) is 3.75. The standard InChI is InChI=1S/C17H18N2O/c1-12(13-7-3-2-4-8-13)18-17(20)16-11-14-9-5-6-10-15(14)19-16/h2-10,12,16,19H,11H2,1H3,(H,18,20)/t12-,16?/m1/s1. The molecule has 3 heteroatoms. The van der Waals surface area contributed by atoms with E-state index in [4.69, 9.17) is 0 Å². The number of carbonyl (C=O) groups is 1. The fraction of sp³-hybridized carbons (Fsp3) is 0.235. The van der Waals surface area contributed by atoms with Crippen LogP contribution in [0.15, 0.2) is 54.6 Å². The monoisotopic (exact) mass is 266 g/mol. The maximum absolute atomic E-state index is 12.3. The molecule has 3 rings (SSSR count). The van der Waals surface area contributed by atoms with Gasteiger partial charge in [0, 0.05) is 12.1 Å². The first-order valence-electron chi connectivity index (χ1n) is 6.94. The summed E-state index contributed by atoms with van der Waals surface area (Å²) in [6.07, 6.45) is 0.753. The SMILES string of the molecule is C[C@@H](NC(=O)C1Cc2ccccc2N1)c1ccccc1. The van der Waals surface area contributed by atoms with Gasteiger partial charge in [0.25, 0.3) is 0 Å². The van der Waals surface area contributed by atoms with Crippen LogP contribution in [0.4, 0.5) is 5.69 Å². The lowest BCUT2D eigenvalue weighted by Gasteiger charge is -2.18. The summed E-state index contributed by atoms with van der Waals surface area (Å²) in [5.41, 5.74) is 3.40. The molecule has 1 heterocycles. The molecule has 0 bridgehead atoms. The molecule has 0 aliphatic carbocycles. The molecule has 2 atom stereocenters. The van der Waals surface area contributed by atoms with E-state index in [1.807, 2.05) is 55.5 Å². The van der Waals surface area contributed by atoms with Crippen molar-refractivity contribution in [1.29, 1.82) is 0 Å². The van der Waals surface area contributed by atoms with Crippen molar-refractivity contribution in [2.75, 3.05) is 5.32 Å². The van der Waals surface area contributed by atoms with Gasteiger partial charge in [0.1, 0.15) is 6.04 Å². The van der Waals surface area contributed by atoms with Gasteiger partial charge in [-0.25, -0.2) is 0 Å². The van der Waals surface area contributed by atoms with Gasteiger partial charge in [-0.2, -0.15) is 0 Å². The van der Waals surface area contributed by atoms with Crippen molar-refractivity contribution in [3.63, 3.8) is 0 Å². The Balaban J connectivity index is 1.64. The molecule has 2 aromatic carbocycles. The summed E-state index contributed by atoms with van der Waals surface area (Å²) >= 11 is 0. The zero-order valence-corrected chi connectivity index (χ0v) is 11.5. The van der Waals surface area contributed by atoms with Crippen LogP contribution >= 0.6 is 0 Å². The van der Waals surface area contributed by atoms with E-state index < -0.39 is 0 Å². The topological polar surface area (TPSA) is 41.1 Å². The molecule has 20 heavy (non-hydrogen) atoms. The smallest absolute Gasteiger partial charge is 0.243 e.